The molecule has 2 heterocycles. The average molecular weight is 249 g/mol. The van der Waals surface area contributed by atoms with Gasteiger partial charge in [-0.15, -0.1) is 0 Å². The van der Waals surface area contributed by atoms with Crippen molar-refractivity contribution in [3.8, 4) is 0 Å². The number of fused-ring (bicyclic) bond motifs is 1. The van der Waals surface area contributed by atoms with Gasteiger partial charge in [0.25, 0.3) is 0 Å². The lowest BCUT2D eigenvalue weighted by molar-refractivity contribution is -0.169. The van der Waals surface area contributed by atoms with Crippen molar-refractivity contribution >= 4 is 0 Å². The van der Waals surface area contributed by atoms with Crippen LogP contribution in [0.2, 0.25) is 0 Å². The quantitative estimate of drug-likeness (QED) is 0.702. The summed E-state index contributed by atoms with van der Waals surface area (Å²) < 4.78 is 12.7. The highest BCUT2D eigenvalue weighted by Gasteiger charge is 2.58. The Bertz CT molecular complexity index is 364. The van der Waals surface area contributed by atoms with Gasteiger partial charge in [0.05, 0.1) is 23.9 Å². The van der Waals surface area contributed by atoms with Gasteiger partial charge in [-0.05, 0) is 31.1 Å². The molecule has 18 heavy (non-hydrogen) atoms. The van der Waals surface area contributed by atoms with Crippen LogP contribution in [0.25, 0.3) is 4.85 Å². The molecule has 3 nitrogen and oxygen atoms in total. The van der Waals surface area contributed by atoms with Gasteiger partial charge in [-0.1, -0.05) is 13.8 Å². The van der Waals surface area contributed by atoms with Gasteiger partial charge in [0.15, 0.2) is 0 Å². The first-order chi connectivity index (χ1) is 8.64. The van der Waals surface area contributed by atoms with Gasteiger partial charge in [-0.2, -0.15) is 0 Å². The van der Waals surface area contributed by atoms with Crippen LogP contribution < -0.4 is 0 Å². The molecular weight excluding hydrogens is 226 g/mol. The Morgan fingerprint density at radius 2 is 2.11 bits per heavy atom. The molecule has 2 saturated heterocycles. The molecule has 6 atom stereocenters. The fourth-order valence-electron chi connectivity index (χ4n) is 4.12. The van der Waals surface area contributed by atoms with E-state index >= 15 is 0 Å². The molecule has 0 radical (unpaired) electrons. The van der Waals surface area contributed by atoms with Crippen LogP contribution in [0.4, 0.5) is 0 Å². The largest absolute Gasteiger partial charge is 0.372 e. The number of hydrogen-bond donors (Lipinski definition) is 0. The molecule has 2 aliphatic heterocycles. The normalized spacial score (nSPS) is 50.6. The van der Waals surface area contributed by atoms with Crippen LogP contribution in [0.15, 0.2) is 0 Å². The minimum Gasteiger partial charge on any atom is -0.372 e. The maximum Gasteiger partial charge on any atom is 0.217 e. The third-order valence-electron chi connectivity index (χ3n) is 5.34. The molecule has 0 aromatic carbocycles. The molecule has 1 aliphatic carbocycles. The fourth-order valence-corrected chi connectivity index (χ4v) is 4.12. The van der Waals surface area contributed by atoms with E-state index in [9.17, 15) is 0 Å². The second-order valence-electron chi connectivity index (χ2n) is 6.46. The fraction of sp³-hybridized carbons (Fsp3) is 0.933. The average Bonchev–Trinajstić information content (AvgIpc) is 2.68. The summed E-state index contributed by atoms with van der Waals surface area (Å²) in [5.74, 6) is 1.35. The van der Waals surface area contributed by atoms with E-state index in [2.05, 4.69) is 18.7 Å². The van der Waals surface area contributed by atoms with Gasteiger partial charge in [-0.3, -0.25) is 0 Å². The van der Waals surface area contributed by atoms with Gasteiger partial charge in [0.1, 0.15) is 0 Å². The maximum absolute atomic E-state index is 6.91. The lowest BCUT2D eigenvalue weighted by Crippen LogP contribution is -2.51. The van der Waals surface area contributed by atoms with Gasteiger partial charge >= 0.3 is 0 Å². The Morgan fingerprint density at radius 1 is 1.28 bits per heavy atom. The molecule has 3 aliphatic rings. The summed E-state index contributed by atoms with van der Waals surface area (Å²) in [7, 11) is 0. The van der Waals surface area contributed by atoms with E-state index in [1.54, 1.807) is 0 Å². The molecule has 0 aromatic rings. The van der Waals surface area contributed by atoms with E-state index in [4.69, 9.17) is 16.0 Å². The lowest BCUT2D eigenvalue weighted by Gasteiger charge is -2.45. The second-order valence-corrected chi connectivity index (χ2v) is 6.46. The highest BCUT2D eigenvalue weighted by Crippen LogP contribution is 2.52. The van der Waals surface area contributed by atoms with E-state index < -0.39 is 0 Å². The highest BCUT2D eigenvalue weighted by molar-refractivity contribution is 5.07. The maximum atomic E-state index is 6.91. The summed E-state index contributed by atoms with van der Waals surface area (Å²) >= 11 is 0. The van der Waals surface area contributed by atoms with Crippen LogP contribution >= 0.6 is 0 Å². The first-order valence-corrected chi connectivity index (χ1v) is 7.31. The summed E-state index contributed by atoms with van der Waals surface area (Å²) in [6.45, 7) is 12.2. The third kappa shape index (κ3) is 1.87. The predicted octanol–water partition coefficient (Wildman–Crippen LogP) is 3.05. The first kappa shape index (κ1) is 12.4. The highest BCUT2D eigenvalue weighted by atomic mass is 16.6. The van der Waals surface area contributed by atoms with E-state index in [-0.39, 0.29) is 5.60 Å². The van der Waals surface area contributed by atoms with Gasteiger partial charge in [0, 0.05) is 12.8 Å². The van der Waals surface area contributed by atoms with Crippen LogP contribution in [0.1, 0.15) is 46.0 Å². The molecule has 0 N–H and O–H groups in total. The molecule has 3 heteroatoms. The summed E-state index contributed by atoms with van der Waals surface area (Å²) in [5.41, 5.74) is -0.0124. The minimum atomic E-state index is -0.0124. The zero-order chi connectivity index (χ0) is 12.8. The van der Waals surface area contributed by atoms with Crippen molar-refractivity contribution in [2.45, 2.75) is 69.9 Å². The van der Waals surface area contributed by atoms with Crippen LogP contribution in [-0.2, 0) is 9.47 Å². The summed E-state index contributed by atoms with van der Waals surface area (Å²) in [4.78, 5) is 3.46. The van der Waals surface area contributed by atoms with Crippen molar-refractivity contribution in [3.63, 3.8) is 0 Å². The van der Waals surface area contributed by atoms with Crippen molar-refractivity contribution in [1.82, 2.24) is 0 Å². The SMILES string of the molecule is [C-]#[N+]CCC1CC[C@@H]2O[C@@H]3C[C@]2(C[C@@H](C)[C@H]3C)O1. The molecule has 2 bridgehead atoms. The molecule has 1 unspecified atom stereocenters. The Hall–Kier alpha value is -0.590. The predicted molar refractivity (Wildman–Crippen MR) is 69.1 cm³/mol. The summed E-state index contributed by atoms with van der Waals surface area (Å²) in [6, 6.07) is 0. The van der Waals surface area contributed by atoms with Gasteiger partial charge in [0.2, 0.25) is 6.54 Å². The molecule has 3 rings (SSSR count). The van der Waals surface area contributed by atoms with Crippen LogP contribution in [-0.4, -0.2) is 30.5 Å². The molecule has 100 valence electrons. The second kappa shape index (κ2) is 4.51. The molecule has 1 saturated carbocycles. The summed E-state index contributed by atoms with van der Waals surface area (Å²) in [6.07, 6.45) is 6.32. The van der Waals surface area contributed by atoms with E-state index in [1.807, 2.05) is 0 Å². The minimum absolute atomic E-state index is 0.0124. The number of nitrogens with zero attached hydrogens (tertiary/aromatic N) is 1. The zero-order valence-electron chi connectivity index (χ0n) is 11.4. The standard InChI is InChI=1S/C15H23NO2/c1-10-8-15-9-13(11(10)2)17-14(15)5-4-12(18-15)6-7-16-3/h10-14H,4-9H2,1-2H3/t10-,11-,12?,13-,14+,15+/m1/s1. The zero-order valence-corrected chi connectivity index (χ0v) is 11.4. The van der Waals surface area contributed by atoms with Gasteiger partial charge < -0.3 is 14.3 Å². The van der Waals surface area contributed by atoms with Crippen molar-refractivity contribution in [2.75, 3.05) is 6.54 Å². The van der Waals surface area contributed by atoms with Crippen molar-refractivity contribution < 1.29 is 9.47 Å². The van der Waals surface area contributed by atoms with E-state index in [0.717, 1.165) is 32.1 Å². The first-order valence-electron chi connectivity index (χ1n) is 7.31. The Morgan fingerprint density at radius 3 is 2.89 bits per heavy atom. The van der Waals surface area contributed by atoms with Crippen LogP contribution in [0, 0.1) is 18.4 Å². The van der Waals surface area contributed by atoms with Crippen molar-refractivity contribution in [1.29, 1.82) is 0 Å². The lowest BCUT2D eigenvalue weighted by atomic mass is 9.70. The molecular formula is C15H23NO2. The van der Waals surface area contributed by atoms with E-state index in [0.29, 0.717) is 36.7 Å². The number of hydrogen-bond acceptors (Lipinski definition) is 2. The van der Waals surface area contributed by atoms with Crippen LogP contribution in [0.5, 0.6) is 0 Å². The van der Waals surface area contributed by atoms with Crippen molar-refractivity contribution in [2.24, 2.45) is 11.8 Å². The Labute approximate surface area is 110 Å². The smallest absolute Gasteiger partial charge is 0.217 e. The Balaban J connectivity index is 1.74. The monoisotopic (exact) mass is 249 g/mol. The van der Waals surface area contributed by atoms with Gasteiger partial charge in [-0.25, -0.2) is 6.57 Å². The third-order valence-corrected chi connectivity index (χ3v) is 5.34. The topological polar surface area (TPSA) is 22.8 Å². The molecule has 1 spiro atoms. The summed E-state index contributed by atoms with van der Waals surface area (Å²) in [5, 5.41) is 0. The molecule has 0 aromatic heterocycles. The number of rotatable bonds is 2. The molecule has 3 fully saturated rings. The molecule has 0 amide bonds. The van der Waals surface area contributed by atoms with Crippen molar-refractivity contribution in [3.05, 3.63) is 11.4 Å². The number of ether oxygens (including phenoxy) is 2. The Kier molecular flexibility index (Phi) is 3.11. The van der Waals surface area contributed by atoms with E-state index in [1.165, 1.54) is 0 Å². The van der Waals surface area contributed by atoms with Crippen LogP contribution in [0.3, 0.4) is 0 Å².